The number of amides is 1. The molecule has 1 aromatic heterocycles. The van der Waals surface area contributed by atoms with E-state index in [0.29, 0.717) is 15.9 Å². The average Bonchev–Trinajstić information content (AvgIpc) is 3.03. The topological polar surface area (TPSA) is 59.8 Å². The number of aromatic nitrogens is 3. The van der Waals surface area contributed by atoms with Crippen LogP contribution >= 0.6 is 23.4 Å². The van der Waals surface area contributed by atoms with Crippen LogP contribution in [0.25, 0.3) is 5.69 Å². The van der Waals surface area contributed by atoms with E-state index in [-0.39, 0.29) is 11.2 Å². The van der Waals surface area contributed by atoms with Gasteiger partial charge >= 0.3 is 0 Å². The van der Waals surface area contributed by atoms with Crippen molar-refractivity contribution in [3.8, 4) is 5.69 Å². The number of rotatable bonds is 5. The molecule has 5 nitrogen and oxygen atoms in total. The highest BCUT2D eigenvalue weighted by molar-refractivity contribution is 8.00. The van der Waals surface area contributed by atoms with E-state index in [9.17, 15) is 4.79 Å². The molecule has 0 saturated carbocycles. The smallest absolute Gasteiger partial charge is 0.237 e. The molecule has 1 unspecified atom stereocenters. The predicted octanol–water partition coefficient (Wildman–Crippen LogP) is 4.35. The van der Waals surface area contributed by atoms with E-state index in [1.165, 1.54) is 11.8 Å². The van der Waals surface area contributed by atoms with Crippen LogP contribution < -0.4 is 5.32 Å². The SMILES string of the molecule is Cc1ccccc1-n1cnnc1SC(C)C(=O)Nc1cccc(Cl)c1. The second-order valence-corrected chi connectivity index (χ2v) is 7.27. The van der Waals surface area contributed by atoms with Gasteiger partial charge in [0, 0.05) is 10.7 Å². The van der Waals surface area contributed by atoms with E-state index >= 15 is 0 Å². The first-order valence-corrected chi connectivity index (χ1v) is 8.99. The third-order valence-corrected chi connectivity index (χ3v) is 4.93. The standard InChI is InChI=1S/C18H17ClN4OS/c1-12-6-3-4-9-16(12)23-11-20-22-18(23)25-13(2)17(24)21-15-8-5-7-14(19)10-15/h3-11,13H,1-2H3,(H,21,24). The summed E-state index contributed by atoms with van der Waals surface area (Å²) in [5.74, 6) is -0.119. The lowest BCUT2D eigenvalue weighted by atomic mass is 10.2. The second-order valence-electron chi connectivity index (χ2n) is 5.53. The number of aryl methyl sites for hydroxylation is 1. The molecule has 0 bridgehead atoms. The van der Waals surface area contributed by atoms with Gasteiger partial charge in [-0.2, -0.15) is 0 Å². The highest BCUT2D eigenvalue weighted by Crippen LogP contribution is 2.26. The third kappa shape index (κ3) is 4.21. The minimum absolute atomic E-state index is 0.119. The van der Waals surface area contributed by atoms with Crippen molar-refractivity contribution >= 4 is 35.0 Å². The summed E-state index contributed by atoms with van der Waals surface area (Å²) in [7, 11) is 0. The monoisotopic (exact) mass is 372 g/mol. The van der Waals surface area contributed by atoms with Crippen LogP contribution in [0.2, 0.25) is 5.02 Å². The summed E-state index contributed by atoms with van der Waals surface area (Å²) in [5.41, 5.74) is 2.78. The highest BCUT2D eigenvalue weighted by atomic mass is 35.5. The Morgan fingerprint density at radius 1 is 1.24 bits per heavy atom. The maximum absolute atomic E-state index is 12.4. The largest absolute Gasteiger partial charge is 0.325 e. The Kier molecular flexibility index (Phi) is 5.40. The zero-order valence-electron chi connectivity index (χ0n) is 13.8. The van der Waals surface area contributed by atoms with Gasteiger partial charge in [-0.3, -0.25) is 9.36 Å². The Morgan fingerprint density at radius 3 is 2.80 bits per heavy atom. The number of para-hydroxylation sites is 1. The quantitative estimate of drug-likeness (QED) is 0.676. The number of carbonyl (C=O) groups excluding carboxylic acids is 1. The van der Waals surface area contributed by atoms with E-state index in [2.05, 4.69) is 15.5 Å². The number of benzene rings is 2. The van der Waals surface area contributed by atoms with Gasteiger partial charge in [0.1, 0.15) is 6.33 Å². The molecule has 0 spiro atoms. The molecule has 3 rings (SSSR count). The first kappa shape index (κ1) is 17.5. The van der Waals surface area contributed by atoms with Gasteiger partial charge in [0.25, 0.3) is 0 Å². The van der Waals surface area contributed by atoms with E-state index in [4.69, 9.17) is 11.6 Å². The molecule has 1 N–H and O–H groups in total. The molecule has 0 aliphatic carbocycles. The van der Waals surface area contributed by atoms with Gasteiger partial charge in [0.15, 0.2) is 5.16 Å². The van der Waals surface area contributed by atoms with E-state index < -0.39 is 0 Å². The fourth-order valence-electron chi connectivity index (χ4n) is 2.33. The molecule has 3 aromatic rings. The van der Waals surface area contributed by atoms with Crippen LogP contribution in [0, 0.1) is 6.92 Å². The molecule has 1 amide bonds. The Bertz CT molecular complexity index is 896. The molecule has 25 heavy (non-hydrogen) atoms. The van der Waals surface area contributed by atoms with E-state index in [1.54, 1.807) is 30.6 Å². The van der Waals surface area contributed by atoms with Crippen LogP contribution in [0.5, 0.6) is 0 Å². The molecular weight excluding hydrogens is 356 g/mol. The molecule has 128 valence electrons. The molecule has 7 heteroatoms. The lowest BCUT2D eigenvalue weighted by molar-refractivity contribution is -0.115. The molecule has 1 heterocycles. The summed E-state index contributed by atoms with van der Waals surface area (Å²) >= 11 is 7.30. The van der Waals surface area contributed by atoms with Gasteiger partial charge in [-0.15, -0.1) is 10.2 Å². The maximum Gasteiger partial charge on any atom is 0.237 e. The number of carbonyl (C=O) groups is 1. The molecule has 2 aromatic carbocycles. The summed E-state index contributed by atoms with van der Waals surface area (Å²) in [6.45, 7) is 3.86. The molecular formula is C18H17ClN4OS. The van der Waals surface area contributed by atoms with Crippen LogP contribution in [0.3, 0.4) is 0 Å². The van der Waals surface area contributed by atoms with Crippen LogP contribution in [-0.2, 0) is 4.79 Å². The van der Waals surface area contributed by atoms with Crippen molar-refractivity contribution in [1.82, 2.24) is 14.8 Å². The Morgan fingerprint density at radius 2 is 2.04 bits per heavy atom. The van der Waals surface area contributed by atoms with Gasteiger partial charge in [-0.1, -0.05) is 47.6 Å². The fourth-order valence-corrected chi connectivity index (χ4v) is 3.35. The lowest BCUT2D eigenvalue weighted by Crippen LogP contribution is -2.22. The number of nitrogens with zero attached hydrogens (tertiary/aromatic N) is 3. The lowest BCUT2D eigenvalue weighted by Gasteiger charge is -2.13. The van der Waals surface area contributed by atoms with Crippen molar-refractivity contribution in [2.75, 3.05) is 5.32 Å². The predicted molar refractivity (Wildman–Crippen MR) is 101 cm³/mol. The third-order valence-electron chi connectivity index (χ3n) is 3.64. The van der Waals surface area contributed by atoms with Crippen LogP contribution in [0.15, 0.2) is 60.0 Å². The van der Waals surface area contributed by atoms with Crippen LogP contribution in [-0.4, -0.2) is 25.9 Å². The van der Waals surface area contributed by atoms with Crippen LogP contribution in [0.1, 0.15) is 12.5 Å². The summed E-state index contributed by atoms with van der Waals surface area (Å²) in [5, 5.41) is 11.9. The molecule has 0 saturated heterocycles. The minimum Gasteiger partial charge on any atom is -0.325 e. The number of hydrogen-bond donors (Lipinski definition) is 1. The molecule has 0 fully saturated rings. The van der Waals surface area contributed by atoms with Crippen molar-refractivity contribution in [2.24, 2.45) is 0 Å². The Labute approximate surface area is 155 Å². The minimum atomic E-state index is -0.342. The average molecular weight is 373 g/mol. The second kappa shape index (κ2) is 7.72. The summed E-state index contributed by atoms with van der Waals surface area (Å²) in [6.07, 6.45) is 1.66. The zero-order chi connectivity index (χ0) is 17.8. The number of thioether (sulfide) groups is 1. The highest BCUT2D eigenvalue weighted by Gasteiger charge is 2.19. The normalized spacial score (nSPS) is 12.0. The number of nitrogens with one attached hydrogen (secondary N) is 1. The first-order chi connectivity index (χ1) is 12.0. The van der Waals surface area contributed by atoms with Crippen molar-refractivity contribution in [3.63, 3.8) is 0 Å². The number of halogens is 1. The molecule has 1 atom stereocenters. The van der Waals surface area contributed by atoms with Gasteiger partial charge in [0.2, 0.25) is 5.91 Å². The first-order valence-electron chi connectivity index (χ1n) is 7.73. The zero-order valence-corrected chi connectivity index (χ0v) is 15.4. The van der Waals surface area contributed by atoms with Gasteiger partial charge in [-0.05, 0) is 43.7 Å². The van der Waals surface area contributed by atoms with Gasteiger partial charge < -0.3 is 5.32 Å². The van der Waals surface area contributed by atoms with Gasteiger partial charge in [0.05, 0.1) is 10.9 Å². The van der Waals surface area contributed by atoms with Crippen molar-refractivity contribution in [3.05, 3.63) is 65.4 Å². The van der Waals surface area contributed by atoms with Crippen LogP contribution in [0.4, 0.5) is 5.69 Å². The summed E-state index contributed by atoms with van der Waals surface area (Å²) in [6, 6.07) is 15.1. The van der Waals surface area contributed by atoms with E-state index in [1.807, 2.05) is 42.7 Å². The molecule has 0 aliphatic heterocycles. The van der Waals surface area contributed by atoms with Crippen molar-refractivity contribution in [2.45, 2.75) is 24.3 Å². The molecule has 0 radical (unpaired) electrons. The Balaban J connectivity index is 1.74. The van der Waals surface area contributed by atoms with Crippen molar-refractivity contribution in [1.29, 1.82) is 0 Å². The fraction of sp³-hybridized carbons (Fsp3) is 0.167. The maximum atomic E-state index is 12.4. The summed E-state index contributed by atoms with van der Waals surface area (Å²) < 4.78 is 1.89. The number of anilines is 1. The van der Waals surface area contributed by atoms with E-state index in [0.717, 1.165) is 11.3 Å². The van der Waals surface area contributed by atoms with Crippen molar-refractivity contribution < 1.29 is 4.79 Å². The molecule has 0 aliphatic rings. The van der Waals surface area contributed by atoms with Gasteiger partial charge in [-0.25, -0.2) is 0 Å². The number of hydrogen-bond acceptors (Lipinski definition) is 4. The summed E-state index contributed by atoms with van der Waals surface area (Å²) in [4.78, 5) is 12.4. The Hall–Kier alpha value is -2.31.